The van der Waals surface area contributed by atoms with E-state index in [9.17, 15) is 0 Å². The first kappa shape index (κ1) is 13.2. The summed E-state index contributed by atoms with van der Waals surface area (Å²) in [6, 6.07) is 4.42. The zero-order valence-electron chi connectivity index (χ0n) is 12.2. The van der Waals surface area contributed by atoms with Gasteiger partial charge in [-0.05, 0) is 30.4 Å². The van der Waals surface area contributed by atoms with E-state index >= 15 is 0 Å². The molecule has 0 saturated heterocycles. The maximum absolute atomic E-state index is 5.81. The number of nitrogen functional groups attached to an aromatic ring is 1. The summed E-state index contributed by atoms with van der Waals surface area (Å²) in [5, 5.41) is 0. The third-order valence-corrected chi connectivity index (χ3v) is 4.53. The Labute approximate surface area is 120 Å². The average molecular weight is 270 g/mol. The zero-order valence-corrected chi connectivity index (χ0v) is 12.2. The van der Waals surface area contributed by atoms with Crippen molar-refractivity contribution in [2.75, 3.05) is 5.73 Å². The number of anilines is 1. The summed E-state index contributed by atoms with van der Waals surface area (Å²) in [4.78, 5) is 8.44. The van der Waals surface area contributed by atoms with E-state index in [0.717, 1.165) is 11.3 Å². The molecule has 2 aromatic rings. The first-order valence-corrected chi connectivity index (χ1v) is 7.32. The van der Waals surface area contributed by atoms with Crippen LogP contribution in [0.3, 0.4) is 0 Å². The van der Waals surface area contributed by atoms with Crippen molar-refractivity contribution in [1.82, 2.24) is 14.5 Å². The normalized spacial score (nSPS) is 21.8. The van der Waals surface area contributed by atoms with E-state index in [1.54, 1.807) is 6.20 Å². The lowest BCUT2D eigenvalue weighted by Gasteiger charge is -2.40. The summed E-state index contributed by atoms with van der Waals surface area (Å²) in [5.41, 5.74) is 8.35. The molecule has 2 aromatic heterocycles. The average Bonchev–Trinajstić information content (AvgIpc) is 2.87. The van der Waals surface area contributed by atoms with E-state index in [0.29, 0.717) is 17.3 Å². The number of hydrogen-bond donors (Lipinski definition) is 1. The lowest BCUT2D eigenvalue weighted by Crippen LogP contribution is -2.30. The Morgan fingerprint density at radius 1 is 1.35 bits per heavy atom. The molecule has 0 spiro atoms. The van der Waals surface area contributed by atoms with Crippen LogP contribution in [0.15, 0.2) is 30.9 Å². The molecule has 1 saturated carbocycles. The lowest BCUT2D eigenvalue weighted by atomic mass is 9.73. The van der Waals surface area contributed by atoms with Gasteiger partial charge in [0.15, 0.2) is 0 Å². The molecule has 1 unspecified atom stereocenters. The van der Waals surface area contributed by atoms with Gasteiger partial charge in [-0.2, -0.15) is 0 Å². The minimum Gasteiger partial charge on any atom is -0.384 e. The summed E-state index contributed by atoms with van der Waals surface area (Å²) in [5.74, 6) is 0.554. The summed E-state index contributed by atoms with van der Waals surface area (Å²) < 4.78 is 2.33. The monoisotopic (exact) mass is 270 g/mol. The molecule has 0 aromatic carbocycles. The second kappa shape index (κ2) is 4.93. The van der Waals surface area contributed by atoms with Crippen LogP contribution in [0, 0.1) is 5.41 Å². The third kappa shape index (κ3) is 2.30. The van der Waals surface area contributed by atoms with Gasteiger partial charge in [0.2, 0.25) is 0 Å². The van der Waals surface area contributed by atoms with Crippen LogP contribution in [0.1, 0.15) is 45.6 Å². The molecule has 2 heterocycles. The first-order valence-electron chi connectivity index (χ1n) is 7.32. The first-order chi connectivity index (χ1) is 9.58. The van der Waals surface area contributed by atoms with E-state index in [1.165, 1.54) is 25.7 Å². The molecule has 4 heteroatoms. The summed E-state index contributed by atoms with van der Waals surface area (Å²) in [6.45, 7) is 4.73. The Kier molecular flexibility index (Phi) is 3.24. The predicted octanol–water partition coefficient (Wildman–Crippen LogP) is 3.67. The SMILES string of the molecule is CC1(C)CCCCC1n1cncc1-c1ccnc(N)c1. The molecule has 0 amide bonds. The second-order valence-electron chi connectivity index (χ2n) is 6.41. The largest absolute Gasteiger partial charge is 0.384 e. The van der Waals surface area contributed by atoms with Gasteiger partial charge in [0.25, 0.3) is 0 Å². The van der Waals surface area contributed by atoms with Crippen molar-refractivity contribution >= 4 is 5.82 Å². The number of nitrogens with zero attached hydrogens (tertiary/aromatic N) is 3. The highest BCUT2D eigenvalue weighted by Gasteiger charge is 2.34. The van der Waals surface area contributed by atoms with E-state index < -0.39 is 0 Å². The molecule has 1 aliphatic carbocycles. The standard InChI is InChI=1S/C16H22N4/c1-16(2)7-4-3-5-14(16)20-11-18-10-13(20)12-6-8-19-15(17)9-12/h6,8-11,14H,3-5,7H2,1-2H3,(H2,17,19). The Morgan fingerprint density at radius 3 is 2.95 bits per heavy atom. The van der Waals surface area contributed by atoms with Gasteiger partial charge < -0.3 is 10.3 Å². The Bertz CT molecular complexity index is 600. The minimum absolute atomic E-state index is 0.312. The molecule has 0 aliphatic heterocycles. The molecule has 3 rings (SSSR count). The maximum atomic E-state index is 5.81. The number of nitrogens with two attached hydrogens (primary N) is 1. The molecule has 1 aliphatic rings. The van der Waals surface area contributed by atoms with E-state index in [2.05, 4.69) is 28.4 Å². The van der Waals surface area contributed by atoms with Crippen LogP contribution in [0.4, 0.5) is 5.82 Å². The highest BCUT2D eigenvalue weighted by molar-refractivity contribution is 5.62. The summed E-state index contributed by atoms with van der Waals surface area (Å²) in [7, 11) is 0. The van der Waals surface area contributed by atoms with Gasteiger partial charge in [0.1, 0.15) is 5.82 Å². The Morgan fingerprint density at radius 2 is 2.20 bits per heavy atom. The lowest BCUT2D eigenvalue weighted by molar-refractivity contribution is 0.145. The minimum atomic E-state index is 0.312. The van der Waals surface area contributed by atoms with Crippen molar-refractivity contribution in [2.45, 2.75) is 45.6 Å². The molecule has 2 N–H and O–H groups in total. The fourth-order valence-electron chi connectivity index (χ4n) is 3.38. The van der Waals surface area contributed by atoms with Crippen LogP contribution in [0.2, 0.25) is 0 Å². The number of rotatable bonds is 2. The second-order valence-corrected chi connectivity index (χ2v) is 6.41. The third-order valence-electron chi connectivity index (χ3n) is 4.53. The maximum Gasteiger partial charge on any atom is 0.123 e. The highest BCUT2D eigenvalue weighted by atomic mass is 15.1. The van der Waals surface area contributed by atoms with Crippen LogP contribution in [-0.2, 0) is 0 Å². The van der Waals surface area contributed by atoms with E-state index in [4.69, 9.17) is 5.73 Å². The fraction of sp³-hybridized carbons (Fsp3) is 0.500. The van der Waals surface area contributed by atoms with Crippen molar-refractivity contribution in [3.05, 3.63) is 30.9 Å². The molecule has 0 bridgehead atoms. The van der Waals surface area contributed by atoms with Crippen molar-refractivity contribution in [2.24, 2.45) is 5.41 Å². The quantitative estimate of drug-likeness (QED) is 0.905. The van der Waals surface area contributed by atoms with Gasteiger partial charge in [0, 0.05) is 17.8 Å². The highest BCUT2D eigenvalue weighted by Crippen LogP contribution is 2.45. The van der Waals surface area contributed by atoms with Crippen LogP contribution < -0.4 is 5.73 Å². The molecular weight excluding hydrogens is 248 g/mol. The van der Waals surface area contributed by atoms with Crippen LogP contribution >= 0.6 is 0 Å². The molecule has 1 fully saturated rings. The van der Waals surface area contributed by atoms with Crippen LogP contribution in [-0.4, -0.2) is 14.5 Å². The Balaban J connectivity index is 2.02. The number of imidazole rings is 1. The van der Waals surface area contributed by atoms with Gasteiger partial charge in [-0.1, -0.05) is 26.7 Å². The van der Waals surface area contributed by atoms with Crippen LogP contribution in [0.5, 0.6) is 0 Å². The van der Waals surface area contributed by atoms with E-state index in [-0.39, 0.29) is 0 Å². The van der Waals surface area contributed by atoms with Gasteiger partial charge in [0.05, 0.1) is 18.2 Å². The zero-order chi connectivity index (χ0) is 14.2. The molecule has 106 valence electrons. The van der Waals surface area contributed by atoms with Gasteiger partial charge in [-0.25, -0.2) is 9.97 Å². The smallest absolute Gasteiger partial charge is 0.123 e. The van der Waals surface area contributed by atoms with Gasteiger partial charge in [-0.3, -0.25) is 0 Å². The molecule has 4 nitrogen and oxygen atoms in total. The summed E-state index contributed by atoms with van der Waals surface area (Å²) >= 11 is 0. The predicted molar refractivity (Wildman–Crippen MR) is 81.2 cm³/mol. The molecule has 0 radical (unpaired) electrons. The van der Waals surface area contributed by atoms with Crippen molar-refractivity contribution < 1.29 is 0 Å². The van der Waals surface area contributed by atoms with Crippen LogP contribution in [0.25, 0.3) is 11.3 Å². The van der Waals surface area contributed by atoms with Crippen molar-refractivity contribution in [3.8, 4) is 11.3 Å². The van der Waals surface area contributed by atoms with Crippen molar-refractivity contribution in [3.63, 3.8) is 0 Å². The topological polar surface area (TPSA) is 56.7 Å². The number of aromatic nitrogens is 3. The Hall–Kier alpha value is -1.84. The number of pyridine rings is 1. The number of hydrogen-bond acceptors (Lipinski definition) is 3. The van der Waals surface area contributed by atoms with Gasteiger partial charge >= 0.3 is 0 Å². The molecule has 1 atom stereocenters. The fourth-order valence-corrected chi connectivity index (χ4v) is 3.38. The van der Waals surface area contributed by atoms with Gasteiger partial charge in [-0.15, -0.1) is 0 Å². The summed E-state index contributed by atoms with van der Waals surface area (Å²) in [6.07, 6.45) is 10.8. The van der Waals surface area contributed by atoms with E-state index in [1.807, 2.05) is 24.7 Å². The molecular formula is C16H22N4. The van der Waals surface area contributed by atoms with Crippen molar-refractivity contribution in [1.29, 1.82) is 0 Å². The molecule has 20 heavy (non-hydrogen) atoms.